The summed E-state index contributed by atoms with van der Waals surface area (Å²) >= 11 is 0. The Morgan fingerprint density at radius 3 is 2.52 bits per heavy atom. The van der Waals surface area contributed by atoms with E-state index >= 15 is 0 Å². The van der Waals surface area contributed by atoms with Crippen molar-refractivity contribution in [1.82, 2.24) is 15.1 Å². The number of unbranched alkanes of at least 4 members (excludes halogenated alkanes) is 1. The lowest BCUT2D eigenvalue weighted by Gasteiger charge is -2.35. The van der Waals surface area contributed by atoms with Crippen LogP contribution in [0.2, 0.25) is 0 Å². The average Bonchev–Trinajstić information content (AvgIpc) is 3.55. The summed E-state index contributed by atoms with van der Waals surface area (Å²) < 4.78 is 10.5. The molecule has 0 aromatic rings. The molecular weight excluding hydrogens is 514 g/mol. The number of alkyl carbamates (subject to hydrolysis) is 1. The molecule has 4 unspecified atom stereocenters. The first kappa shape index (κ1) is 31.5. The van der Waals surface area contributed by atoms with Gasteiger partial charge < -0.3 is 29.7 Å². The molecule has 10 heteroatoms. The fourth-order valence-corrected chi connectivity index (χ4v) is 5.94. The van der Waals surface area contributed by atoms with Crippen molar-refractivity contribution >= 4 is 24.1 Å². The Morgan fingerprint density at radius 1 is 1.15 bits per heavy atom. The molecule has 10 nitrogen and oxygen atoms in total. The van der Waals surface area contributed by atoms with Crippen LogP contribution in [0.15, 0.2) is 23.8 Å². The number of nitrogens with zero attached hydrogens (tertiary/aromatic N) is 2. The lowest BCUT2D eigenvalue weighted by Crippen LogP contribution is -2.57. The van der Waals surface area contributed by atoms with Gasteiger partial charge in [-0.15, -0.1) is 0 Å². The second kappa shape index (κ2) is 13.1. The van der Waals surface area contributed by atoms with E-state index in [-0.39, 0.29) is 23.8 Å². The summed E-state index contributed by atoms with van der Waals surface area (Å²) in [4.78, 5) is 52.7. The zero-order chi connectivity index (χ0) is 29.7. The maximum absolute atomic E-state index is 13.4. The number of nitrogens with one attached hydrogen (secondary N) is 1. The van der Waals surface area contributed by atoms with E-state index in [1.807, 2.05) is 26.8 Å². The number of methoxy groups -OCH3 is 1. The van der Waals surface area contributed by atoms with Gasteiger partial charge in [-0.2, -0.15) is 0 Å². The minimum atomic E-state index is -0.862. The Labute approximate surface area is 238 Å². The number of allylic oxidation sites excluding steroid dienone is 3. The minimum Gasteiger partial charge on any atom is -0.467 e. The number of fused-ring (bicyclic) bond motifs is 1. The van der Waals surface area contributed by atoms with Crippen molar-refractivity contribution in [2.45, 2.75) is 85.2 Å². The predicted octanol–water partition coefficient (Wildman–Crippen LogP) is 4.60. The van der Waals surface area contributed by atoms with Crippen LogP contribution >= 0.6 is 0 Å². The van der Waals surface area contributed by atoms with Crippen LogP contribution in [0.4, 0.5) is 9.59 Å². The summed E-state index contributed by atoms with van der Waals surface area (Å²) in [6.45, 7) is 11.4. The maximum Gasteiger partial charge on any atom is 0.407 e. The number of hydrogen-bond acceptors (Lipinski definition) is 6. The third kappa shape index (κ3) is 8.01. The summed E-state index contributed by atoms with van der Waals surface area (Å²) in [5, 5.41) is 12.1. The third-order valence-corrected chi connectivity index (χ3v) is 8.34. The van der Waals surface area contributed by atoms with E-state index < -0.39 is 35.7 Å². The number of carbonyl (C=O) groups excluding carboxylic acids is 3. The van der Waals surface area contributed by atoms with Gasteiger partial charge >= 0.3 is 18.2 Å². The molecule has 0 radical (unpaired) electrons. The molecule has 3 amide bonds. The average molecular weight is 562 g/mol. The molecule has 40 heavy (non-hydrogen) atoms. The molecule has 224 valence electrons. The fraction of sp³-hybridized carbons (Fsp3) is 0.733. The normalized spacial score (nSPS) is 23.4. The molecular formula is C30H47N3O7. The van der Waals surface area contributed by atoms with Crippen LogP contribution < -0.4 is 5.32 Å². The monoisotopic (exact) mass is 561 g/mol. The van der Waals surface area contributed by atoms with E-state index in [0.29, 0.717) is 38.4 Å². The molecule has 4 atom stereocenters. The van der Waals surface area contributed by atoms with E-state index in [1.165, 1.54) is 22.5 Å². The molecule has 2 heterocycles. The molecule has 0 aromatic carbocycles. The molecule has 0 spiro atoms. The van der Waals surface area contributed by atoms with Gasteiger partial charge in [0.2, 0.25) is 5.91 Å². The topological polar surface area (TPSA) is 125 Å². The van der Waals surface area contributed by atoms with Gasteiger partial charge in [0.05, 0.1) is 13.7 Å². The van der Waals surface area contributed by atoms with E-state index in [9.17, 15) is 24.3 Å². The lowest BCUT2D eigenvalue weighted by atomic mass is 9.80. The first-order valence-electron chi connectivity index (χ1n) is 14.4. The number of hydrogen-bond donors (Lipinski definition) is 2. The largest absolute Gasteiger partial charge is 0.467 e. The van der Waals surface area contributed by atoms with Gasteiger partial charge in [0.25, 0.3) is 0 Å². The molecule has 0 bridgehead atoms. The Bertz CT molecular complexity index is 1010. The summed E-state index contributed by atoms with van der Waals surface area (Å²) in [6.07, 6.45) is 9.85. The lowest BCUT2D eigenvalue weighted by molar-refractivity contribution is -0.152. The standard InChI is InChI=1S/C30H47N3O7/c1-29(2,3)24(25(34)33-16-10-14-23(33)26(35)39-6)31-27(36)40-19-30(4,5)15-8-7-11-20-12-9-13-21-17-32(28(37)38)18-22(20)21/h9,12-13,20,22-24H,7-8,10-11,14-19H2,1-6H3,(H,31,36)(H,37,38). The third-order valence-electron chi connectivity index (χ3n) is 8.34. The second-order valence-electron chi connectivity index (χ2n) is 13.2. The van der Waals surface area contributed by atoms with Crippen molar-refractivity contribution in [3.63, 3.8) is 0 Å². The zero-order valence-electron chi connectivity index (χ0n) is 24.9. The number of amides is 3. The minimum absolute atomic E-state index is 0.213. The van der Waals surface area contributed by atoms with E-state index in [4.69, 9.17) is 9.47 Å². The van der Waals surface area contributed by atoms with Crippen LogP contribution in [-0.4, -0.2) is 84.4 Å². The van der Waals surface area contributed by atoms with Crippen LogP contribution in [0.1, 0.15) is 73.1 Å². The second-order valence-corrected chi connectivity index (χ2v) is 13.2. The highest BCUT2D eigenvalue weighted by molar-refractivity contribution is 5.90. The summed E-state index contributed by atoms with van der Waals surface area (Å²) in [5.74, 6) is -0.136. The number of esters is 1. The quantitative estimate of drug-likeness (QED) is 0.295. The number of carboxylic acid groups (broad SMARTS) is 1. The molecule has 2 fully saturated rings. The van der Waals surface area contributed by atoms with Crippen molar-refractivity contribution in [2.24, 2.45) is 22.7 Å². The molecule has 3 aliphatic rings. The molecule has 3 rings (SSSR count). The Hall–Kier alpha value is -3.04. The van der Waals surface area contributed by atoms with Gasteiger partial charge in [-0.1, -0.05) is 65.7 Å². The Kier molecular flexibility index (Phi) is 10.3. The number of likely N-dealkylation sites (tertiary alicyclic amines) is 2. The molecule has 2 saturated heterocycles. The number of carbonyl (C=O) groups is 4. The van der Waals surface area contributed by atoms with E-state index in [1.54, 1.807) is 0 Å². The van der Waals surface area contributed by atoms with Crippen LogP contribution in [0.3, 0.4) is 0 Å². The highest BCUT2D eigenvalue weighted by Crippen LogP contribution is 2.36. The van der Waals surface area contributed by atoms with Gasteiger partial charge in [-0.3, -0.25) is 4.79 Å². The Balaban J connectivity index is 1.45. The van der Waals surface area contributed by atoms with Crippen molar-refractivity contribution in [1.29, 1.82) is 0 Å². The van der Waals surface area contributed by atoms with Crippen LogP contribution in [-0.2, 0) is 19.1 Å². The Morgan fingerprint density at radius 2 is 1.88 bits per heavy atom. The van der Waals surface area contributed by atoms with Crippen LogP contribution in [0, 0.1) is 22.7 Å². The van der Waals surface area contributed by atoms with E-state index in [0.717, 1.165) is 25.7 Å². The molecule has 0 aromatic heterocycles. The van der Waals surface area contributed by atoms with E-state index in [2.05, 4.69) is 31.3 Å². The van der Waals surface area contributed by atoms with Gasteiger partial charge in [0, 0.05) is 25.6 Å². The molecule has 2 aliphatic heterocycles. The van der Waals surface area contributed by atoms with Gasteiger partial charge in [0.15, 0.2) is 0 Å². The van der Waals surface area contributed by atoms with Gasteiger partial charge in [0.1, 0.15) is 12.1 Å². The van der Waals surface area contributed by atoms with Crippen molar-refractivity contribution in [3.05, 3.63) is 23.8 Å². The summed E-state index contributed by atoms with van der Waals surface area (Å²) in [7, 11) is 1.31. The smallest absolute Gasteiger partial charge is 0.407 e. The number of ether oxygens (including phenoxy) is 2. The van der Waals surface area contributed by atoms with Gasteiger partial charge in [-0.05, 0) is 48.0 Å². The first-order valence-corrected chi connectivity index (χ1v) is 14.4. The van der Waals surface area contributed by atoms with Crippen molar-refractivity contribution in [3.8, 4) is 0 Å². The van der Waals surface area contributed by atoms with Crippen molar-refractivity contribution < 1.29 is 33.8 Å². The molecule has 1 aliphatic carbocycles. The summed E-state index contributed by atoms with van der Waals surface area (Å²) in [5.41, 5.74) is 0.371. The highest BCUT2D eigenvalue weighted by Gasteiger charge is 2.42. The number of rotatable bonds is 10. The zero-order valence-corrected chi connectivity index (χ0v) is 24.9. The van der Waals surface area contributed by atoms with Crippen LogP contribution in [0.25, 0.3) is 0 Å². The first-order chi connectivity index (χ1) is 18.7. The molecule has 0 saturated carbocycles. The predicted molar refractivity (Wildman–Crippen MR) is 151 cm³/mol. The SMILES string of the molecule is COC(=O)C1CCCN1C(=O)C(NC(=O)OCC(C)(C)CCCCC1C=CC=C2CN(C(=O)O)CC21)C(C)(C)C. The fourth-order valence-electron chi connectivity index (χ4n) is 5.94. The summed E-state index contributed by atoms with van der Waals surface area (Å²) in [6, 6.07) is -1.47. The van der Waals surface area contributed by atoms with Crippen LogP contribution in [0.5, 0.6) is 0 Å². The maximum atomic E-state index is 13.4. The van der Waals surface area contributed by atoms with Gasteiger partial charge in [-0.25, -0.2) is 14.4 Å². The van der Waals surface area contributed by atoms with Crippen molar-refractivity contribution in [2.75, 3.05) is 33.4 Å². The highest BCUT2D eigenvalue weighted by atomic mass is 16.5. The molecule has 2 N–H and O–H groups in total.